The van der Waals surface area contributed by atoms with E-state index in [0.717, 1.165) is 21.9 Å². The minimum atomic E-state index is 0.449. The fourth-order valence-electron chi connectivity index (χ4n) is 2.90. The summed E-state index contributed by atoms with van der Waals surface area (Å²) in [6.07, 6.45) is 12.3. The maximum atomic E-state index is 5.98. The van der Waals surface area contributed by atoms with Crippen molar-refractivity contribution in [3.8, 4) is 5.75 Å². The smallest absolute Gasteiger partial charge is 0.145 e. The van der Waals surface area contributed by atoms with Crippen LogP contribution in [0.5, 0.6) is 5.75 Å². The van der Waals surface area contributed by atoms with Crippen molar-refractivity contribution in [1.29, 1.82) is 0 Å². The topological polar surface area (TPSA) is 61.8 Å². The molecular formula is C24H32N2O5. The van der Waals surface area contributed by atoms with Crippen LogP contribution >= 0.6 is 0 Å². The summed E-state index contributed by atoms with van der Waals surface area (Å²) >= 11 is 0. The Morgan fingerprint density at radius 3 is 2.06 bits per heavy atom. The van der Waals surface area contributed by atoms with Crippen molar-refractivity contribution in [1.82, 2.24) is 4.90 Å². The van der Waals surface area contributed by atoms with Gasteiger partial charge in [-0.15, -0.1) is 0 Å². The lowest BCUT2D eigenvalue weighted by Gasteiger charge is -2.11. The number of benzene rings is 1. The fourth-order valence-corrected chi connectivity index (χ4v) is 2.90. The van der Waals surface area contributed by atoms with Crippen LogP contribution in [-0.2, 0) is 18.9 Å². The first-order valence-electron chi connectivity index (χ1n) is 10.7. The van der Waals surface area contributed by atoms with Crippen molar-refractivity contribution in [3.63, 3.8) is 0 Å². The Balaban J connectivity index is 1.70. The van der Waals surface area contributed by atoms with Gasteiger partial charge in [0.2, 0.25) is 0 Å². The molecule has 1 aromatic rings. The number of fused-ring (bicyclic) bond motifs is 1. The summed E-state index contributed by atoms with van der Waals surface area (Å²) in [5, 5.41) is 1.86. The maximum Gasteiger partial charge on any atom is 0.145 e. The third kappa shape index (κ3) is 9.06. The summed E-state index contributed by atoms with van der Waals surface area (Å²) < 4.78 is 28.1. The van der Waals surface area contributed by atoms with E-state index in [1.165, 1.54) is 0 Å². The van der Waals surface area contributed by atoms with Crippen molar-refractivity contribution in [2.45, 2.75) is 0 Å². The zero-order chi connectivity index (χ0) is 21.6. The summed E-state index contributed by atoms with van der Waals surface area (Å²) in [6.45, 7) is 5.32. The predicted molar refractivity (Wildman–Crippen MR) is 119 cm³/mol. The molecule has 3 rings (SSSR count). The molecule has 0 spiro atoms. The number of hydrogen-bond donors (Lipinski definition) is 0. The molecule has 0 bridgehead atoms. The van der Waals surface area contributed by atoms with Gasteiger partial charge in [-0.2, -0.15) is 0 Å². The van der Waals surface area contributed by atoms with E-state index in [1.807, 2.05) is 42.5 Å². The molecule has 31 heavy (non-hydrogen) atoms. The maximum absolute atomic E-state index is 5.98. The molecule has 0 fully saturated rings. The first-order chi connectivity index (χ1) is 15.3. The minimum Gasteiger partial charge on any atom is -0.489 e. The predicted octanol–water partition coefficient (Wildman–Crippen LogP) is 1.44. The van der Waals surface area contributed by atoms with Crippen molar-refractivity contribution in [3.05, 3.63) is 65.0 Å². The van der Waals surface area contributed by atoms with Crippen LogP contribution in [0.1, 0.15) is 0 Å². The van der Waals surface area contributed by atoms with Crippen molar-refractivity contribution in [2.75, 3.05) is 73.1 Å². The summed E-state index contributed by atoms with van der Waals surface area (Å²) in [5.41, 5.74) is 1.14. The monoisotopic (exact) mass is 428 g/mol. The molecule has 2 heterocycles. The number of nitrogens with zero attached hydrogens (tertiary/aromatic N) is 2. The molecule has 0 atom stereocenters. The minimum absolute atomic E-state index is 0.449. The average Bonchev–Trinajstić information content (AvgIpc) is 2.79. The molecule has 0 amide bonds. The van der Waals surface area contributed by atoms with Crippen LogP contribution in [0.4, 0.5) is 0 Å². The summed E-state index contributed by atoms with van der Waals surface area (Å²) in [5.74, 6) is 0.742. The number of rotatable bonds is 1. The van der Waals surface area contributed by atoms with Gasteiger partial charge >= 0.3 is 0 Å². The van der Waals surface area contributed by atoms with Gasteiger partial charge in [-0.3, -0.25) is 4.99 Å². The van der Waals surface area contributed by atoms with Crippen LogP contribution in [-0.4, -0.2) is 78.0 Å². The Hall–Kier alpha value is -2.45. The van der Waals surface area contributed by atoms with E-state index < -0.39 is 0 Å². The summed E-state index contributed by atoms with van der Waals surface area (Å²) in [7, 11) is 2.00. The first-order valence-corrected chi connectivity index (χ1v) is 10.7. The SMILES string of the molecule is CN1C=CC(=CC=c2ccc3c(c2)OCCOCCOCCOCCOCCN=3)C=C1. The normalized spacial score (nSPS) is 20.2. The summed E-state index contributed by atoms with van der Waals surface area (Å²) in [6, 6.07) is 6.03. The van der Waals surface area contributed by atoms with Gasteiger partial charge in [-0.1, -0.05) is 18.2 Å². The Bertz CT molecular complexity index is 862. The lowest BCUT2D eigenvalue weighted by Crippen LogP contribution is -2.19. The Labute approximate surface area is 183 Å². The van der Waals surface area contributed by atoms with Gasteiger partial charge in [0, 0.05) is 19.4 Å². The molecule has 0 N–H and O–H groups in total. The lowest BCUT2D eigenvalue weighted by atomic mass is 10.2. The Morgan fingerprint density at radius 2 is 1.39 bits per heavy atom. The van der Waals surface area contributed by atoms with Crippen LogP contribution in [0, 0.1) is 0 Å². The third-order valence-electron chi connectivity index (χ3n) is 4.58. The molecule has 0 saturated heterocycles. The third-order valence-corrected chi connectivity index (χ3v) is 4.58. The van der Waals surface area contributed by atoms with E-state index >= 15 is 0 Å². The first kappa shape index (κ1) is 23.2. The molecule has 2 aliphatic heterocycles. The van der Waals surface area contributed by atoms with E-state index in [2.05, 4.69) is 29.3 Å². The van der Waals surface area contributed by atoms with E-state index in [4.69, 9.17) is 23.7 Å². The van der Waals surface area contributed by atoms with Crippen LogP contribution in [0.25, 0.3) is 6.08 Å². The van der Waals surface area contributed by atoms with E-state index in [0.29, 0.717) is 66.0 Å². The molecule has 0 unspecified atom stereocenters. The van der Waals surface area contributed by atoms with Crippen LogP contribution in [0.3, 0.4) is 0 Å². The fraction of sp³-hybridized carbons (Fsp3) is 0.458. The van der Waals surface area contributed by atoms with Gasteiger partial charge in [0.05, 0.1) is 64.8 Å². The highest BCUT2D eigenvalue weighted by Crippen LogP contribution is 2.07. The zero-order valence-electron chi connectivity index (χ0n) is 18.2. The molecule has 0 radical (unpaired) electrons. The molecule has 7 nitrogen and oxygen atoms in total. The number of ether oxygens (including phenoxy) is 5. The number of hydrogen-bond acceptors (Lipinski definition) is 7. The highest BCUT2D eigenvalue weighted by atomic mass is 16.6. The average molecular weight is 429 g/mol. The highest BCUT2D eigenvalue weighted by molar-refractivity contribution is 5.48. The molecule has 1 aromatic carbocycles. The van der Waals surface area contributed by atoms with E-state index in [1.54, 1.807) is 0 Å². The van der Waals surface area contributed by atoms with Gasteiger partial charge in [-0.05, 0) is 35.1 Å². The van der Waals surface area contributed by atoms with Gasteiger partial charge in [0.25, 0.3) is 0 Å². The van der Waals surface area contributed by atoms with Crippen molar-refractivity contribution < 1.29 is 23.7 Å². The van der Waals surface area contributed by atoms with Crippen LogP contribution in [0.15, 0.2) is 59.4 Å². The van der Waals surface area contributed by atoms with Gasteiger partial charge in [-0.25, -0.2) is 0 Å². The quantitative estimate of drug-likeness (QED) is 0.675. The van der Waals surface area contributed by atoms with Gasteiger partial charge in [0.1, 0.15) is 12.4 Å². The Kier molecular flexibility index (Phi) is 10.3. The molecule has 0 aliphatic carbocycles. The lowest BCUT2D eigenvalue weighted by molar-refractivity contribution is -0.00421. The zero-order valence-corrected chi connectivity index (χ0v) is 18.2. The second-order valence-electron chi connectivity index (χ2n) is 7.04. The van der Waals surface area contributed by atoms with Crippen LogP contribution in [0.2, 0.25) is 0 Å². The largest absolute Gasteiger partial charge is 0.489 e. The van der Waals surface area contributed by atoms with Gasteiger partial charge in [0.15, 0.2) is 0 Å². The Morgan fingerprint density at radius 1 is 0.774 bits per heavy atom. The second-order valence-corrected chi connectivity index (χ2v) is 7.04. The standard InChI is InChI=1S/C24H32N2O5/c1-26-9-6-21(7-10-26)2-3-22-4-5-23-24(20-22)31-19-18-30-17-16-29-15-14-28-13-12-27-11-8-25-23/h2-7,9-10,20H,8,11-19H2,1H3. The van der Waals surface area contributed by atoms with Gasteiger partial charge < -0.3 is 28.6 Å². The molecule has 168 valence electrons. The van der Waals surface area contributed by atoms with Crippen LogP contribution < -0.4 is 15.3 Å². The molecular weight excluding hydrogens is 396 g/mol. The number of allylic oxidation sites excluding steroid dienone is 4. The van der Waals surface area contributed by atoms with E-state index in [9.17, 15) is 0 Å². The molecule has 2 aliphatic rings. The van der Waals surface area contributed by atoms with Crippen molar-refractivity contribution in [2.24, 2.45) is 4.99 Å². The second kappa shape index (κ2) is 13.8. The molecule has 7 heteroatoms. The summed E-state index contributed by atoms with van der Waals surface area (Å²) in [4.78, 5) is 6.65. The highest BCUT2D eigenvalue weighted by Gasteiger charge is 2.00. The molecule has 0 saturated carbocycles. The van der Waals surface area contributed by atoms with E-state index in [-0.39, 0.29) is 0 Å². The van der Waals surface area contributed by atoms with Crippen molar-refractivity contribution >= 4 is 6.08 Å². The molecule has 0 aromatic heterocycles.